The van der Waals surface area contributed by atoms with Crippen molar-refractivity contribution >= 4 is 21.8 Å². The number of hydrogen-bond donors (Lipinski definition) is 1. The molecule has 0 aromatic heterocycles. The number of aryl methyl sites for hydroxylation is 1. The summed E-state index contributed by atoms with van der Waals surface area (Å²) < 4.78 is 19.0. The Morgan fingerprint density at radius 1 is 1.29 bits per heavy atom. The van der Waals surface area contributed by atoms with Crippen LogP contribution < -0.4 is 10.1 Å². The van der Waals surface area contributed by atoms with E-state index in [2.05, 4.69) is 21.2 Å². The van der Waals surface area contributed by atoms with Gasteiger partial charge in [-0.25, -0.2) is 4.39 Å². The van der Waals surface area contributed by atoms with Crippen LogP contribution in [0.1, 0.15) is 15.9 Å². The van der Waals surface area contributed by atoms with Gasteiger partial charge in [0.25, 0.3) is 5.91 Å². The second-order valence-electron chi connectivity index (χ2n) is 4.52. The smallest absolute Gasteiger partial charge is 0.252 e. The van der Waals surface area contributed by atoms with Crippen molar-refractivity contribution in [3.05, 3.63) is 63.9 Å². The summed E-state index contributed by atoms with van der Waals surface area (Å²) in [6, 6.07) is 12.0. The van der Waals surface area contributed by atoms with Crippen molar-refractivity contribution in [3.63, 3.8) is 0 Å². The summed E-state index contributed by atoms with van der Waals surface area (Å²) in [6.07, 6.45) is 0. The number of benzene rings is 2. The molecule has 0 radical (unpaired) electrons. The Kier molecular flexibility index (Phi) is 5.33. The van der Waals surface area contributed by atoms with Gasteiger partial charge in [0.1, 0.15) is 18.2 Å². The molecule has 0 atom stereocenters. The lowest BCUT2D eigenvalue weighted by atomic mass is 10.2. The van der Waals surface area contributed by atoms with E-state index in [4.69, 9.17) is 4.74 Å². The number of rotatable bonds is 5. The highest BCUT2D eigenvalue weighted by atomic mass is 79.9. The normalized spacial score (nSPS) is 10.2. The van der Waals surface area contributed by atoms with Crippen molar-refractivity contribution in [3.8, 4) is 5.75 Å². The zero-order chi connectivity index (χ0) is 15.2. The molecule has 0 aliphatic carbocycles. The van der Waals surface area contributed by atoms with Crippen LogP contribution in [0.5, 0.6) is 5.75 Å². The summed E-state index contributed by atoms with van der Waals surface area (Å²) in [4.78, 5) is 11.9. The first-order valence-corrected chi connectivity index (χ1v) is 7.29. The van der Waals surface area contributed by atoms with E-state index < -0.39 is 5.82 Å². The molecule has 3 nitrogen and oxygen atoms in total. The first-order valence-electron chi connectivity index (χ1n) is 6.49. The van der Waals surface area contributed by atoms with E-state index in [0.29, 0.717) is 13.2 Å². The topological polar surface area (TPSA) is 38.3 Å². The highest BCUT2D eigenvalue weighted by Crippen LogP contribution is 2.20. The molecule has 2 aromatic rings. The number of carbonyl (C=O) groups is 1. The van der Waals surface area contributed by atoms with Gasteiger partial charge >= 0.3 is 0 Å². The van der Waals surface area contributed by atoms with E-state index in [1.807, 2.05) is 31.2 Å². The Morgan fingerprint density at radius 2 is 2.05 bits per heavy atom. The van der Waals surface area contributed by atoms with E-state index in [1.54, 1.807) is 6.07 Å². The van der Waals surface area contributed by atoms with E-state index in [-0.39, 0.29) is 15.9 Å². The summed E-state index contributed by atoms with van der Waals surface area (Å²) in [5.74, 6) is -0.0379. The number of carbonyl (C=O) groups excluding carboxylic acids is 1. The molecule has 0 bridgehead atoms. The van der Waals surface area contributed by atoms with Gasteiger partial charge in [-0.3, -0.25) is 4.79 Å². The zero-order valence-corrected chi connectivity index (χ0v) is 13.1. The lowest BCUT2D eigenvalue weighted by Crippen LogP contribution is -2.28. The van der Waals surface area contributed by atoms with E-state index in [0.717, 1.165) is 11.3 Å². The SMILES string of the molecule is Cc1cccc(OCCNC(=O)c2cccc(F)c2Br)c1. The molecule has 0 aliphatic heterocycles. The van der Waals surface area contributed by atoms with E-state index >= 15 is 0 Å². The third kappa shape index (κ3) is 4.29. The number of hydrogen-bond acceptors (Lipinski definition) is 2. The van der Waals surface area contributed by atoms with Gasteiger partial charge in [0, 0.05) is 0 Å². The Hall–Kier alpha value is -1.88. The van der Waals surface area contributed by atoms with Crippen LogP contribution >= 0.6 is 15.9 Å². The maximum Gasteiger partial charge on any atom is 0.252 e. The van der Waals surface area contributed by atoms with Crippen LogP contribution in [0.15, 0.2) is 46.9 Å². The molecule has 2 aromatic carbocycles. The standard InChI is InChI=1S/C16H15BrFNO2/c1-11-4-2-5-12(10-11)21-9-8-19-16(20)13-6-3-7-14(18)15(13)17/h2-7,10H,8-9H2,1H3,(H,19,20). The molecule has 0 heterocycles. The molecule has 0 unspecified atom stereocenters. The fourth-order valence-corrected chi connectivity index (χ4v) is 2.26. The minimum atomic E-state index is -0.460. The lowest BCUT2D eigenvalue weighted by molar-refractivity contribution is 0.0945. The Labute approximate surface area is 131 Å². The van der Waals surface area contributed by atoms with Gasteiger partial charge in [-0.1, -0.05) is 18.2 Å². The lowest BCUT2D eigenvalue weighted by Gasteiger charge is -2.09. The minimum Gasteiger partial charge on any atom is -0.492 e. The summed E-state index contributed by atoms with van der Waals surface area (Å²) in [5, 5.41) is 2.69. The number of ether oxygens (including phenoxy) is 1. The molecule has 110 valence electrons. The van der Waals surface area contributed by atoms with Crippen LogP contribution in [0.2, 0.25) is 0 Å². The Bertz CT molecular complexity index is 646. The van der Waals surface area contributed by atoms with Crippen LogP contribution in [0.4, 0.5) is 4.39 Å². The molecule has 0 saturated heterocycles. The highest BCUT2D eigenvalue weighted by molar-refractivity contribution is 9.10. The fourth-order valence-electron chi connectivity index (χ4n) is 1.81. The van der Waals surface area contributed by atoms with Crippen LogP contribution in [-0.4, -0.2) is 19.1 Å². The van der Waals surface area contributed by atoms with Crippen LogP contribution in [0.25, 0.3) is 0 Å². The quantitative estimate of drug-likeness (QED) is 0.834. The van der Waals surface area contributed by atoms with E-state index in [9.17, 15) is 9.18 Å². The molecule has 5 heteroatoms. The monoisotopic (exact) mass is 351 g/mol. The van der Waals surface area contributed by atoms with Gasteiger partial charge in [0.2, 0.25) is 0 Å². The molecule has 0 fully saturated rings. The maximum absolute atomic E-state index is 13.3. The predicted octanol–water partition coefficient (Wildman–Crippen LogP) is 3.71. The van der Waals surface area contributed by atoms with Gasteiger partial charge in [-0.2, -0.15) is 0 Å². The third-order valence-electron chi connectivity index (χ3n) is 2.84. The van der Waals surface area contributed by atoms with Crippen LogP contribution in [0, 0.1) is 12.7 Å². The van der Waals surface area contributed by atoms with Gasteiger partial charge in [-0.15, -0.1) is 0 Å². The summed E-state index contributed by atoms with van der Waals surface area (Å²) in [7, 11) is 0. The first-order chi connectivity index (χ1) is 10.1. The largest absolute Gasteiger partial charge is 0.492 e. The second-order valence-corrected chi connectivity index (χ2v) is 5.32. The minimum absolute atomic E-state index is 0.169. The van der Waals surface area contributed by atoms with Crippen molar-refractivity contribution in [2.75, 3.05) is 13.2 Å². The fraction of sp³-hybridized carbons (Fsp3) is 0.188. The highest BCUT2D eigenvalue weighted by Gasteiger charge is 2.12. The molecular formula is C16H15BrFNO2. The van der Waals surface area contributed by atoms with Crippen molar-refractivity contribution in [2.24, 2.45) is 0 Å². The molecule has 1 amide bonds. The van der Waals surface area contributed by atoms with Crippen molar-refractivity contribution in [1.82, 2.24) is 5.32 Å². The maximum atomic E-state index is 13.3. The summed E-state index contributed by atoms with van der Waals surface area (Å²) in [6.45, 7) is 2.67. The predicted molar refractivity (Wildman–Crippen MR) is 83.1 cm³/mol. The Morgan fingerprint density at radius 3 is 2.81 bits per heavy atom. The summed E-state index contributed by atoms with van der Waals surface area (Å²) in [5.41, 5.74) is 1.38. The van der Waals surface area contributed by atoms with Crippen molar-refractivity contribution in [1.29, 1.82) is 0 Å². The number of halogens is 2. The van der Waals surface area contributed by atoms with Gasteiger partial charge < -0.3 is 10.1 Å². The molecule has 0 spiro atoms. The second kappa shape index (κ2) is 7.22. The zero-order valence-electron chi connectivity index (χ0n) is 11.5. The van der Waals surface area contributed by atoms with Gasteiger partial charge in [0.05, 0.1) is 16.6 Å². The number of amides is 1. The Balaban J connectivity index is 1.83. The first kappa shape index (κ1) is 15.5. The van der Waals surface area contributed by atoms with Gasteiger partial charge in [0.15, 0.2) is 0 Å². The van der Waals surface area contributed by atoms with Crippen LogP contribution in [0.3, 0.4) is 0 Å². The summed E-state index contributed by atoms with van der Waals surface area (Å²) >= 11 is 3.07. The average Bonchev–Trinajstić information content (AvgIpc) is 2.46. The van der Waals surface area contributed by atoms with Crippen LogP contribution in [-0.2, 0) is 0 Å². The molecule has 21 heavy (non-hydrogen) atoms. The molecule has 0 aliphatic rings. The average molecular weight is 352 g/mol. The molecular weight excluding hydrogens is 337 g/mol. The molecule has 1 N–H and O–H groups in total. The number of nitrogens with one attached hydrogen (secondary N) is 1. The van der Waals surface area contributed by atoms with E-state index in [1.165, 1.54) is 12.1 Å². The van der Waals surface area contributed by atoms with Crippen molar-refractivity contribution < 1.29 is 13.9 Å². The van der Waals surface area contributed by atoms with Crippen molar-refractivity contribution in [2.45, 2.75) is 6.92 Å². The molecule has 2 rings (SSSR count). The molecule has 0 saturated carbocycles. The van der Waals surface area contributed by atoms with Gasteiger partial charge in [-0.05, 0) is 52.7 Å². The third-order valence-corrected chi connectivity index (χ3v) is 3.65.